The predicted octanol–water partition coefficient (Wildman–Crippen LogP) is 6.14. The third-order valence-electron chi connectivity index (χ3n) is 7.36. The first-order valence-electron chi connectivity index (χ1n) is 14.0. The number of alkyl halides is 6. The van der Waals surface area contributed by atoms with Crippen LogP contribution in [0.3, 0.4) is 0 Å². The number of hydrogen-bond donors (Lipinski definition) is 3. The van der Waals surface area contributed by atoms with Crippen molar-refractivity contribution in [1.29, 1.82) is 0 Å². The van der Waals surface area contributed by atoms with Crippen molar-refractivity contribution < 1.29 is 40.3 Å². The minimum Gasteiger partial charge on any atom is -0.417 e. The molecule has 2 aromatic heterocycles. The van der Waals surface area contributed by atoms with Gasteiger partial charge in [0.2, 0.25) is 5.76 Å². The number of halogens is 6. The molecule has 3 N–H and O–H groups in total. The fourth-order valence-electron chi connectivity index (χ4n) is 5.15. The molecule has 0 unspecified atom stereocenters. The number of nitrogens with zero attached hydrogens (tertiary/aromatic N) is 4. The minimum absolute atomic E-state index is 0.148. The highest BCUT2D eigenvalue weighted by Gasteiger charge is 2.42. The number of hydrogen-bond acceptors (Lipinski definition) is 7. The molecule has 0 radical (unpaired) electrons. The number of para-hydroxylation sites is 1. The monoisotopic (exact) mass is 625 g/mol. The number of nitrogens with one attached hydrogen (secondary N) is 3. The summed E-state index contributed by atoms with van der Waals surface area (Å²) in [7, 11) is 0. The molecule has 2 saturated heterocycles. The number of benzene rings is 1. The average Bonchev–Trinajstić information content (AvgIpc) is 3.45. The van der Waals surface area contributed by atoms with Crippen LogP contribution < -0.4 is 25.8 Å². The lowest BCUT2D eigenvalue weighted by Gasteiger charge is -2.33. The molecule has 4 heterocycles. The summed E-state index contributed by atoms with van der Waals surface area (Å²) in [5.41, 5.74) is -2.53. The van der Waals surface area contributed by atoms with Crippen molar-refractivity contribution in [3.05, 3.63) is 59.6 Å². The third-order valence-corrected chi connectivity index (χ3v) is 7.36. The zero-order valence-electron chi connectivity index (χ0n) is 23.3. The zero-order chi connectivity index (χ0) is 31.5. The standard InChI is InChI=1S/C28H29F6N7O3/c29-27(30,31)19-6-2-3-7-20(19)38-25(43)37-17-10-14-40(15-11-17)21-9-8-18(16-35-21)36-24(42)22-23(28(32,33)34)39-26(44-22)41-12-4-1-5-13-41/h2-3,6-9,16-17H,1,4-5,10-15H2,(H,36,42)(H2,37,38,43). The number of amides is 3. The predicted molar refractivity (Wildman–Crippen MR) is 149 cm³/mol. The highest BCUT2D eigenvalue weighted by atomic mass is 19.4. The summed E-state index contributed by atoms with van der Waals surface area (Å²) in [6, 6.07) is 6.50. The Morgan fingerprint density at radius 3 is 2.18 bits per heavy atom. The lowest BCUT2D eigenvalue weighted by molar-refractivity contribution is -0.141. The van der Waals surface area contributed by atoms with Gasteiger partial charge in [0.05, 0.1) is 23.1 Å². The van der Waals surface area contributed by atoms with Gasteiger partial charge < -0.3 is 30.2 Å². The first-order chi connectivity index (χ1) is 20.9. The van der Waals surface area contributed by atoms with Gasteiger partial charge in [-0.15, -0.1) is 0 Å². The van der Waals surface area contributed by atoms with Crippen molar-refractivity contribution in [3.63, 3.8) is 0 Å². The maximum absolute atomic E-state index is 13.6. The molecule has 3 aromatic rings. The Hall–Kier alpha value is -4.50. The molecule has 44 heavy (non-hydrogen) atoms. The molecule has 0 aliphatic carbocycles. The molecule has 0 spiro atoms. The topological polar surface area (TPSA) is 116 Å². The summed E-state index contributed by atoms with van der Waals surface area (Å²) < 4.78 is 85.8. The molecule has 3 amide bonds. The number of rotatable bonds is 6. The van der Waals surface area contributed by atoms with E-state index >= 15 is 0 Å². The van der Waals surface area contributed by atoms with Crippen molar-refractivity contribution in [2.24, 2.45) is 0 Å². The van der Waals surface area contributed by atoms with Crippen LogP contribution >= 0.6 is 0 Å². The van der Waals surface area contributed by atoms with E-state index in [9.17, 15) is 35.9 Å². The van der Waals surface area contributed by atoms with E-state index in [-0.39, 0.29) is 23.4 Å². The van der Waals surface area contributed by atoms with Gasteiger partial charge in [-0.2, -0.15) is 31.3 Å². The van der Waals surface area contributed by atoms with Gasteiger partial charge in [-0.25, -0.2) is 9.78 Å². The van der Waals surface area contributed by atoms with Crippen LogP contribution in [-0.2, 0) is 12.4 Å². The van der Waals surface area contributed by atoms with E-state index in [2.05, 4.69) is 25.9 Å². The molecule has 0 bridgehead atoms. The Morgan fingerprint density at radius 2 is 1.55 bits per heavy atom. The molecule has 236 valence electrons. The largest absolute Gasteiger partial charge is 0.437 e. The maximum atomic E-state index is 13.6. The Balaban J connectivity index is 1.15. The Bertz CT molecular complexity index is 1460. The first-order valence-corrected chi connectivity index (χ1v) is 14.0. The molecule has 1 aromatic carbocycles. The highest BCUT2D eigenvalue weighted by molar-refractivity contribution is 6.03. The molecule has 2 aliphatic rings. The number of pyridine rings is 1. The Morgan fingerprint density at radius 1 is 0.841 bits per heavy atom. The van der Waals surface area contributed by atoms with E-state index in [1.807, 2.05) is 4.90 Å². The van der Waals surface area contributed by atoms with E-state index in [0.717, 1.165) is 25.3 Å². The van der Waals surface area contributed by atoms with Gasteiger partial charge in [0.25, 0.3) is 11.9 Å². The van der Waals surface area contributed by atoms with Crippen molar-refractivity contribution in [3.8, 4) is 0 Å². The second-order valence-electron chi connectivity index (χ2n) is 10.5. The number of aromatic nitrogens is 2. The number of carbonyl (C=O) groups excluding carboxylic acids is 2. The SMILES string of the molecule is O=C(Nc1ccccc1C(F)(F)F)NC1CCN(c2ccc(NC(=O)c3oc(N4CCCCC4)nc3C(F)(F)F)cn2)CC1. The number of oxazole rings is 1. The van der Waals surface area contributed by atoms with Gasteiger partial charge in [0, 0.05) is 32.2 Å². The normalized spacial score (nSPS) is 16.5. The molecular formula is C28H29F6N7O3. The second kappa shape index (κ2) is 12.6. The van der Waals surface area contributed by atoms with Crippen LogP contribution in [0, 0.1) is 0 Å². The molecule has 5 rings (SSSR count). The van der Waals surface area contributed by atoms with Crippen molar-refractivity contribution >= 4 is 35.1 Å². The number of anilines is 4. The smallest absolute Gasteiger partial charge is 0.417 e. The zero-order valence-corrected chi connectivity index (χ0v) is 23.3. The van der Waals surface area contributed by atoms with E-state index in [0.29, 0.717) is 44.8 Å². The fraction of sp³-hybridized carbons (Fsp3) is 0.429. The van der Waals surface area contributed by atoms with E-state index < -0.39 is 41.3 Å². The van der Waals surface area contributed by atoms with Crippen LogP contribution in [-0.4, -0.2) is 54.1 Å². The fourth-order valence-corrected chi connectivity index (χ4v) is 5.15. The minimum atomic E-state index is -4.89. The molecule has 0 saturated carbocycles. The van der Waals surface area contributed by atoms with Gasteiger partial charge in [-0.1, -0.05) is 12.1 Å². The molecular weight excluding hydrogens is 596 g/mol. The quantitative estimate of drug-likeness (QED) is 0.282. The summed E-state index contributed by atoms with van der Waals surface area (Å²) in [5.74, 6) is -1.50. The molecule has 2 aliphatic heterocycles. The summed E-state index contributed by atoms with van der Waals surface area (Å²) in [5, 5.41) is 7.34. The number of piperidine rings is 2. The first kappa shape index (κ1) is 30.9. The summed E-state index contributed by atoms with van der Waals surface area (Å²) in [6.45, 7) is 1.91. The number of carbonyl (C=O) groups is 2. The molecule has 10 nitrogen and oxygen atoms in total. The summed E-state index contributed by atoms with van der Waals surface area (Å²) in [4.78, 5) is 36.5. The third kappa shape index (κ3) is 7.34. The van der Waals surface area contributed by atoms with Crippen LogP contribution in [0.4, 0.5) is 54.3 Å². The van der Waals surface area contributed by atoms with E-state index in [1.54, 1.807) is 11.0 Å². The van der Waals surface area contributed by atoms with E-state index in [1.165, 1.54) is 30.5 Å². The molecule has 16 heteroatoms. The highest BCUT2D eigenvalue weighted by Crippen LogP contribution is 2.36. The van der Waals surface area contributed by atoms with Crippen LogP contribution in [0.25, 0.3) is 0 Å². The molecule has 2 fully saturated rings. The summed E-state index contributed by atoms with van der Waals surface area (Å²) >= 11 is 0. The van der Waals surface area contributed by atoms with Crippen molar-refractivity contribution in [1.82, 2.24) is 15.3 Å². The van der Waals surface area contributed by atoms with Gasteiger partial charge in [-0.3, -0.25) is 4.79 Å². The second-order valence-corrected chi connectivity index (χ2v) is 10.5. The number of urea groups is 1. The van der Waals surface area contributed by atoms with Crippen LogP contribution in [0.15, 0.2) is 47.0 Å². The van der Waals surface area contributed by atoms with E-state index in [4.69, 9.17) is 4.42 Å². The Kier molecular flexibility index (Phi) is 8.87. The van der Waals surface area contributed by atoms with Crippen LogP contribution in [0.5, 0.6) is 0 Å². The van der Waals surface area contributed by atoms with Crippen molar-refractivity contribution in [2.45, 2.75) is 50.5 Å². The lowest BCUT2D eigenvalue weighted by Crippen LogP contribution is -2.46. The van der Waals surface area contributed by atoms with Gasteiger partial charge in [-0.05, 0) is 56.4 Å². The average molecular weight is 626 g/mol. The van der Waals surface area contributed by atoms with Crippen molar-refractivity contribution in [2.75, 3.05) is 46.6 Å². The van der Waals surface area contributed by atoms with Crippen LogP contribution in [0.1, 0.15) is 53.9 Å². The van der Waals surface area contributed by atoms with Gasteiger partial charge in [0.15, 0.2) is 5.69 Å². The lowest BCUT2D eigenvalue weighted by atomic mass is 10.1. The Labute approximate surface area is 247 Å². The van der Waals surface area contributed by atoms with Crippen LogP contribution in [0.2, 0.25) is 0 Å². The maximum Gasteiger partial charge on any atom is 0.437 e. The van der Waals surface area contributed by atoms with Gasteiger partial charge in [0.1, 0.15) is 5.82 Å². The van der Waals surface area contributed by atoms with Gasteiger partial charge >= 0.3 is 18.4 Å². The molecule has 0 atom stereocenters. The summed E-state index contributed by atoms with van der Waals surface area (Å²) in [6.07, 6.45) is -4.70.